The molecule has 5 heteroatoms. The zero-order valence-corrected chi connectivity index (χ0v) is 13.2. The molecule has 21 heavy (non-hydrogen) atoms. The van der Waals surface area contributed by atoms with E-state index in [4.69, 9.17) is 15.2 Å². The molecule has 0 spiro atoms. The minimum absolute atomic E-state index is 0.169. The highest BCUT2D eigenvalue weighted by Crippen LogP contribution is 2.18. The summed E-state index contributed by atoms with van der Waals surface area (Å²) in [7, 11) is 0. The standard InChI is InChI=1S/C16H16BrNO3/c1-11-3-2-4-14(18)15(11)16(19)21-10-9-20-13-7-5-12(17)6-8-13/h2-8H,9-10,18H2,1H3. The highest BCUT2D eigenvalue weighted by atomic mass is 79.9. The molecule has 0 bridgehead atoms. The first-order chi connectivity index (χ1) is 10.1. The number of rotatable bonds is 5. The van der Waals surface area contributed by atoms with Gasteiger partial charge in [-0.05, 0) is 42.8 Å². The normalized spacial score (nSPS) is 10.2. The number of nitrogen functional groups attached to an aromatic ring is 1. The zero-order chi connectivity index (χ0) is 15.2. The molecule has 0 aromatic heterocycles. The Hall–Kier alpha value is -2.01. The average molecular weight is 350 g/mol. The van der Waals surface area contributed by atoms with Crippen LogP contribution < -0.4 is 10.5 Å². The van der Waals surface area contributed by atoms with Gasteiger partial charge >= 0.3 is 5.97 Å². The second-order valence-electron chi connectivity index (χ2n) is 4.48. The Balaban J connectivity index is 1.83. The van der Waals surface area contributed by atoms with Crippen LogP contribution in [0.4, 0.5) is 5.69 Å². The van der Waals surface area contributed by atoms with Gasteiger partial charge in [-0.2, -0.15) is 0 Å². The van der Waals surface area contributed by atoms with Gasteiger partial charge in [-0.15, -0.1) is 0 Å². The lowest BCUT2D eigenvalue weighted by molar-refractivity contribution is 0.0451. The molecule has 0 aliphatic rings. The van der Waals surface area contributed by atoms with Gasteiger partial charge in [0.2, 0.25) is 0 Å². The number of hydrogen-bond donors (Lipinski definition) is 1. The van der Waals surface area contributed by atoms with Gasteiger partial charge in [-0.25, -0.2) is 4.79 Å². The van der Waals surface area contributed by atoms with Gasteiger partial charge in [0.1, 0.15) is 19.0 Å². The van der Waals surface area contributed by atoms with Gasteiger partial charge in [0.25, 0.3) is 0 Å². The average Bonchev–Trinajstić information content (AvgIpc) is 2.45. The van der Waals surface area contributed by atoms with Gasteiger partial charge < -0.3 is 15.2 Å². The zero-order valence-electron chi connectivity index (χ0n) is 11.6. The molecule has 0 heterocycles. The van der Waals surface area contributed by atoms with E-state index < -0.39 is 5.97 Å². The van der Waals surface area contributed by atoms with Crippen molar-refractivity contribution in [3.8, 4) is 5.75 Å². The van der Waals surface area contributed by atoms with E-state index in [-0.39, 0.29) is 6.61 Å². The number of nitrogens with two attached hydrogens (primary N) is 1. The van der Waals surface area contributed by atoms with Crippen molar-refractivity contribution in [2.75, 3.05) is 18.9 Å². The molecule has 0 radical (unpaired) electrons. The van der Waals surface area contributed by atoms with Crippen LogP contribution in [0.15, 0.2) is 46.9 Å². The van der Waals surface area contributed by atoms with Crippen molar-refractivity contribution in [2.24, 2.45) is 0 Å². The van der Waals surface area contributed by atoms with Gasteiger partial charge in [-0.1, -0.05) is 28.1 Å². The Morgan fingerprint density at radius 3 is 2.52 bits per heavy atom. The van der Waals surface area contributed by atoms with E-state index in [1.807, 2.05) is 37.3 Å². The number of carbonyl (C=O) groups excluding carboxylic acids is 1. The maximum absolute atomic E-state index is 12.0. The third-order valence-electron chi connectivity index (χ3n) is 2.91. The van der Waals surface area contributed by atoms with E-state index in [1.165, 1.54) is 0 Å². The van der Waals surface area contributed by atoms with Crippen LogP contribution in [0, 0.1) is 6.92 Å². The molecule has 0 atom stereocenters. The topological polar surface area (TPSA) is 61.6 Å². The fourth-order valence-electron chi connectivity index (χ4n) is 1.87. The third-order valence-corrected chi connectivity index (χ3v) is 3.44. The number of hydrogen-bond acceptors (Lipinski definition) is 4. The number of halogens is 1. The second kappa shape index (κ2) is 7.13. The molecule has 0 unspecified atom stereocenters. The summed E-state index contributed by atoms with van der Waals surface area (Å²) in [5.74, 6) is 0.301. The lowest BCUT2D eigenvalue weighted by atomic mass is 10.1. The van der Waals surface area contributed by atoms with Crippen molar-refractivity contribution >= 4 is 27.6 Å². The van der Waals surface area contributed by atoms with Gasteiger partial charge in [0, 0.05) is 10.2 Å². The first-order valence-corrected chi connectivity index (χ1v) is 7.28. The van der Waals surface area contributed by atoms with Crippen molar-refractivity contribution in [2.45, 2.75) is 6.92 Å². The number of esters is 1. The van der Waals surface area contributed by atoms with E-state index in [1.54, 1.807) is 12.1 Å². The van der Waals surface area contributed by atoms with Gasteiger partial charge in [0.15, 0.2) is 0 Å². The molecule has 2 rings (SSSR count). The lowest BCUT2D eigenvalue weighted by Gasteiger charge is -2.10. The summed E-state index contributed by atoms with van der Waals surface area (Å²) in [6, 6.07) is 12.8. The maximum Gasteiger partial charge on any atom is 0.340 e. The summed E-state index contributed by atoms with van der Waals surface area (Å²) in [4.78, 5) is 12.0. The minimum Gasteiger partial charge on any atom is -0.490 e. The molecule has 0 fully saturated rings. The van der Waals surface area contributed by atoms with E-state index in [2.05, 4.69) is 15.9 Å². The third kappa shape index (κ3) is 4.23. The molecule has 2 N–H and O–H groups in total. The highest BCUT2D eigenvalue weighted by Gasteiger charge is 2.13. The van der Waals surface area contributed by atoms with Crippen LogP contribution in [0.1, 0.15) is 15.9 Å². The van der Waals surface area contributed by atoms with Crippen LogP contribution in [-0.4, -0.2) is 19.2 Å². The Labute approximate surface area is 132 Å². The Bertz CT molecular complexity index is 606. The Morgan fingerprint density at radius 1 is 1.14 bits per heavy atom. The fraction of sp³-hybridized carbons (Fsp3) is 0.188. The molecule has 0 aliphatic carbocycles. The second-order valence-corrected chi connectivity index (χ2v) is 5.39. The summed E-state index contributed by atoms with van der Waals surface area (Å²) >= 11 is 3.35. The van der Waals surface area contributed by atoms with Crippen LogP contribution in [-0.2, 0) is 4.74 Å². The highest BCUT2D eigenvalue weighted by molar-refractivity contribution is 9.10. The van der Waals surface area contributed by atoms with Crippen LogP contribution in [0.5, 0.6) is 5.75 Å². The monoisotopic (exact) mass is 349 g/mol. The molecular formula is C16H16BrNO3. The van der Waals surface area contributed by atoms with Crippen molar-refractivity contribution in [1.82, 2.24) is 0 Å². The molecular weight excluding hydrogens is 334 g/mol. The van der Waals surface area contributed by atoms with E-state index in [9.17, 15) is 4.79 Å². The van der Waals surface area contributed by atoms with Crippen molar-refractivity contribution in [1.29, 1.82) is 0 Å². The molecule has 4 nitrogen and oxygen atoms in total. The SMILES string of the molecule is Cc1cccc(N)c1C(=O)OCCOc1ccc(Br)cc1. The smallest absolute Gasteiger partial charge is 0.340 e. The van der Waals surface area contributed by atoms with Crippen molar-refractivity contribution in [3.63, 3.8) is 0 Å². The van der Waals surface area contributed by atoms with E-state index >= 15 is 0 Å². The summed E-state index contributed by atoms with van der Waals surface area (Å²) < 4.78 is 11.6. The molecule has 110 valence electrons. The van der Waals surface area contributed by atoms with E-state index in [0.717, 1.165) is 15.8 Å². The minimum atomic E-state index is -0.426. The molecule has 2 aromatic carbocycles. The molecule has 0 aliphatic heterocycles. The number of anilines is 1. The molecule has 0 saturated heterocycles. The Kier molecular flexibility index (Phi) is 5.22. The quantitative estimate of drug-likeness (QED) is 0.509. The van der Waals surface area contributed by atoms with Crippen LogP contribution in [0.25, 0.3) is 0 Å². The Morgan fingerprint density at radius 2 is 1.86 bits per heavy atom. The first-order valence-electron chi connectivity index (χ1n) is 6.48. The molecule has 0 amide bonds. The molecule has 0 saturated carbocycles. The number of benzene rings is 2. The van der Waals surface area contributed by atoms with E-state index in [0.29, 0.717) is 17.9 Å². The fourth-order valence-corrected chi connectivity index (χ4v) is 2.13. The summed E-state index contributed by atoms with van der Waals surface area (Å²) in [6.45, 7) is 2.28. The molecule has 2 aromatic rings. The van der Waals surface area contributed by atoms with Crippen molar-refractivity contribution in [3.05, 3.63) is 58.1 Å². The largest absolute Gasteiger partial charge is 0.490 e. The van der Waals surface area contributed by atoms with Crippen molar-refractivity contribution < 1.29 is 14.3 Å². The van der Waals surface area contributed by atoms with Crippen LogP contribution in [0.2, 0.25) is 0 Å². The van der Waals surface area contributed by atoms with Crippen LogP contribution >= 0.6 is 15.9 Å². The summed E-state index contributed by atoms with van der Waals surface area (Å²) in [6.07, 6.45) is 0. The number of ether oxygens (including phenoxy) is 2. The predicted molar refractivity (Wildman–Crippen MR) is 85.5 cm³/mol. The van der Waals surface area contributed by atoms with Gasteiger partial charge in [-0.3, -0.25) is 0 Å². The number of aryl methyl sites for hydroxylation is 1. The summed E-state index contributed by atoms with van der Waals surface area (Å²) in [5.41, 5.74) is 7.44. The summed E-state index contributed by atoms with van der Waals surface area (Å²) in [5, 5.41) is 0. The van der Waals surface area contributed by atoms with Crippen LogP contribution in [0.3, 0.4) is 0 Å². The maximum atomic E-state index is 12.0. The predicted octanol–water partition coefficient (Wildman–Crippen LogP) is 3.58. The number of carbonyl (C=O) groups is 1. The first kappa shape index (κ1) is 15.4. The lowest BCUT2D eigenvalue weighted by Crippen LogP contribution is -2.14. The van der Waals surface area contributed by atoms with Gasteiger partial charge in [0.05, 0.1) is 5.56 Å².